The van der Waals surface area contributed by atoms with Crippen molar-refractivity contribution in [3.8, 4) is 67.5 Å². The van der Waals surface area contributed by atoms with Gasteiger partial charge in [-0.15, -0.1) is 29.3 Å². The number of aromatic hydroxyl groups is 1. The van der Waals surface area contributed by atoms with E-state index in [1.807, 2.05) is 18.2 Å². The number of hydrogen-bond acceptors (Lipinski definition) is 3. The number of phenols is 1. The predicted molar refractivity (Wildman–Crippen MR) is 271 cm³/mol. The Morgan fingerprint density at radius 2 is 1.37 bits per heavy atom. The minimum atomic E-state index is -3.37. The molecule has 0 saturated carbocycles. The van der Waals surface area contributed by atoms with E-state index in [0.29, 0.717) is 39.7 Å². The van der Waals surface area contributed by atoms with E-state index in [1.54, 1.807) is 24.4 Å². The molecule has 0 aliphatic carbocycles. The van der Waals surface area contributed by atoms with Gasteiger partial charge in [-0.05, 0) is 104 Å². The molecule has 8 aromatic rings. The van der Waals surface area contributed by atoms with E-state index in [4.69, 9.17) is 22.3 Å². The molecule has 0 bridgehead atoms. The molecule has 0 fully saturated rings. The van der Waals surface area contributed by atoms with Crippen LogP contribution in [0.3, 0.4) is 0 Å². The molecule has 4 nitrogen and oxygen atoms in total. The Morgan fingerprint density at radius 1 is 0.646 bits per heavy atom. The van der Waals surface area contributed by atoms with E-state index in [1.165, 1.54) is 17.7 Å². The van der Waals surface area contributed by atoms with Crippen molar-refractivity contribution in [3.63, 3.8) is 0 Å². The van der Waals surface area contributed by atoms with Crippen LogP contribution in [0, 0.1) is 12.0 Å². The molecule has 2 heterocycles. The second kappa shape index (κ2) is 18.7. The van der Waals surface area contributed by atoms with Crippen molar-refractivity contribution in [2.24, 2.45) is 5.92 Å². The molecule has 0 radical (unpaired) electrons. The number of nitrogens with zero attached hydrogens (tertiary/aromatic N) is 3. The quantitative estimate of drug-likeness (QED) is 0.139. The molecule has 0 atom stereocenters. The molecule has 0 saturated heterocycles. The smallest absolute Gasteiger partial charge is 0.148 e. The summed E-state index contributed by atoms with van der Waals surface area (Å²) in [6, 6.07) is 44.8. The zero-order valence-corrected chi connectivity index (χ0v) is 41.0. The summed E-state index contributed by atoms with van der Waals surface area (Å²) in [5.74, 6) is 1.49. The maximum Gasteiger partial charge on any atom is 0.148 e. The van der Waals surface area contributed by atoms with Crippen molar-refractivity contribution in [3.05, 3.63) is 167 Å². The van der Waals surface area contributed by atoms with Crippen molar-refractivity contribution in [2.75, 3.05) is 0 Å². The fourth-order valence-corrected chi connectivity index (χ4v) is 8.55. The average Bonchev–Trinajstić information content (AvgIpc) is 3.69. The zero-order chi connectivity index (χ0) is 53.2. The average molecular weight is 1050 g/mol. The van der Waals surface area contributed by atoms with E-state index >= 15 is 0 Å². The zero-order valence-electron chi connectivity index (χ0n) is 47.7. The Morgan fingerprint density at radius 3 is 2.03 bits per heavy atom. The fourth-order valence-electron chi connectivity index (χ4n) is 8.55. The van der Waals surface area contributed by atoms with Crippen LogP contribution in [0.15, 0.2) is 134 Å². The molecular weight excluding hydrogens is 974 g/mol. The second-order valence-electron chi connectivity index (χ2n) is 19.3. The number of phenolic OH excluding ortho intramolecular Hbond substituents is 1. The monoisotopic (exact) mass is 1050 g/mol. The van der Waals surface area contributed by atoms with Crippen LogP contribution < -0.4 is 0 Å². The van der Waals surface area contributed by atoms with Crippen LogP contribution in [0.5, 0.6) is 5.75 Å². The Kier molecular flexibility index (Phi) is 10.6. The van der Waals surface area contributed by atoms with Gasteiger partial charge >= 0.3 is 0 Å². The summed E-state index contributed by atoms with van der Waals surface area (Å²) in [5.41, 5.74) is 9.94. The first-order valence-electron chi connectivity index (χ1n) is 26.8. The molecular formula is C60H64N3OPt-. The number of rotatable bonds is 10. The van der Waals surface area contributed by atoms with Crippen LogP contribution in [0.4, 0.5) is 0 Å². The van der Waals surface area contributed by atoms with Gasteiger partial charge in [0.05, 0.1) is 22.3 Å². The molecule has 5 heteroatoms. The number of aromatic nitrogens is 3. The summed E-state index contributed by atoms with van der Waals surface area (Å²) in [4.78, 5) is 10.4. The summed E-state index contributed by atoms with van der Waals surface area (Å²) >= 11 is 0. The number of para-hydroxylation sites is 1. The normalized spacial score (nSPS) is 14.7. The summed E-state index contributed by atoms with van der Waals surface area (Å²) < 4.78 is 76.1. The summed E-state index contributed by atoms with van der Waals surface area (Å²) in [6.07, 6.45) is 2.58. The van der Waals surface area contributed by atoms with Gasteiger partial charge in [0.2, 0.25) is 0 Å². The Labute approximate surface area is 415 Å². The molecule has 2 aromatic heterocycles. The Hall–Kier alpha value is -5.57. The van der Waals surface area contributed by atoms with Gasteiger partial charge in [-0.3, -0.25) is 9.55 Å². The molecule has 0 spiro atoms. The van der Waals surface area contributed by atoms with Gasteiger partial charge in [0.25, 0.3) is 0 Å². The van der Waals surface area contributed by atoms with E-state index in [9.17, 15) is 5.11 Å². The van der Waals surface area contributed by atoms with Crippen LogP contribution in [-0.4, -0.2) is 19.6 Å². The maximum absolute atomic E-state index is 12.3. The van der Waals surface area contributed by atoms with Crippen molar-refractivity contribution in [1.82, 2.24) is 14.5 Å². The van der Waals surface area contributed by atoms with Crippen LogP contribution >= 0.6 is 0 Å². The number of benzene rings is 6. The van der Waals surface area contributed by atoms with Gasteiger partial charge in [0.15, 0.2) is 0 Å². The SMILES string of the molecule is [2H]C([2H])([2H])C(c1ccc(-c2ccnc(-c3[c-]c(-c4cccc5c4nc(-c4cc(C(C)C)cc(C(C)C)c4O)n5-c4ccc(CC(C)C)cc4-c4ccccc4)cc(C(C)(C)C)c3)c2)cc1)(C([2H])([2H])[2H])C([2H])([2H])[2H].[Pt]. The first-order chi connectivity index (χ1) is 34.1. The molecule has 6 aromatic carbocycles. The van der Waals surface area contributed by atoms with Gasteiger partial charge in [0, 0.05) is 50.9 Å². The molecule has 1 N–H and O–H groups in total. The molecule has 65 heavy (non-hydrogen) atoms. The van der Waals surface area contributed by atoms with Gasteiger partial charge in [-0.1, -0.05) is 179 Å². The topological polar surface area (TPSA) is 50.9 Å². The number of fused-ring (bicyclic) bond motifs is 1. The van der Waals surface area contributed by atoms with Crippen LogP contribution in [0.2, 0.25) is 0 Å². The molecule has 0 amide bonds. The van der Waals surface area contributed by atoms with Crippen molar-refractivity contribution in [1.29, 1.82) is 0 Å². The van der Waals surface area contributed by atoms with Crippen LogP contribution in [-0.2, 0) is 38.3 Å². The van der Waals surface area contributed by atoms with E-state index in [2.05, 4.69) is 152 Å². The van der Waals surface area contributed by atoms with Crippen molar-refractivity contribution < 1.29 is 38.5 Å². The first-order valence-corrected chi connectivity index (χ1v) is 22.3. The number of imidazole rings is 1. The molecule has 8 rings (SSSR count). The van der Waals surface area contributed by atoms with Crippen LogP contribution in [0.25, 0.3) is 72.7 Å². The van der Waals surface area contributed by atoms with Gasteiger partial charge in [-0.2, -0.15) is 0 Å². The van der Waals surface area contributed by atoms with Crippen LogP contribution in [0.1, 0.15) is 135 Å². The summed E-state index contributed by atoms with van der Waals surface area (Å²) in [6.45, 7) is 9.32. The Balaban J connectivity index is 0.00000800. The Bertz CT molecular complexity index is 3270. The number of pyridine rings is 1. The number of hydrogen-bond donors (Lipinski definition) is 1. The molecule has 0 aliphatic heterocycles. The van der Waals surface area contributed by atoms with E-state index in [0.717, 1.165) is 62.1 Å². The minimum absolute atomic E-state index is 0. The predicted octanol–water partition coefficient (Wildman–Crippen LogP) is 16.3. The van der Waals surface area contributed by atoms with Gasteiger partial charge in [-0.25, -0.2) is 4.98 Å². The maximum atomic E-state index is 12.3. The third-order valence-corrected chi connectivity index (χ3v) is 12.1. The minimum Gasteiger partial charge on any atom is -0.507 e. The molecule has 0 unspecified atom stereocenters. The second-order valence-corrected chi connectivity index (χ2v) is 19.3. The third-order valence-electron chi connectivity index (χ3n) is 12.1. The summed E-state index contributed by atoms with van der Waals surface area (Å²) in [5, 5.41) is 12.3. The third kappa shape index (κ3) is 9.85. The van der Waals surface area contributed by atoms with Crippen molar-refractivity contribution in [2.45, 2.75) is 112 Å². The summed E-state index contributed by atoms with van der Waals surface area (Å²) in [7, 11) is 0. The van der Waals surface area contributed by atoms with Gasteiger partial charge < -0.3 is 5.11 Å². The van der Waals surface area contributed by atoms with E-state index in [-0.39, 0.29) is 49.6 Å². The fraction of sp³-hybridized carbons (Fsp3) is 0.300. The molecule has 0 aliphatic rings. The standard InChI is InChI=1S/C60H64N3O.Pt/c1-37(2)29-40-21-26-54(51(30-40)42-17-14-13-15-18-42)63-55-20-16-19-49(56(55)62-58(63)52-35-44(38(3)4)34-50(39(5)6)57(52)64)45-31-46(33-48(32-45)60(10,11)12)53-36-43(27-28-61-53)41-22-24-47(25-23-41)59(7,8)9;/h13-28,30,32-39,64H,29H2,1-12H3;/q-1;/i7D3,8D3,9D3;. The molecule has 336 valence electrons. The van der Waals surface area contributed by atoms with E-state index < -0.39 is 26.0 Å². The first kappa shape index (κ1) is 36.6. The van der Waals surface area contributed by atoms with Gasteiger partial charge in [0.1, 0.15) is 11.6 Å². The largest absolute Gasteiger partial charge is 0.507 e. The van der Waals surface area contributed by atoms with Crippen molar-refractivity contribution >= 4 is 11.0 Å².